The van der Waals surface area contributed by atoms with Gasteiger partial charge in [0.2, 0.25) is 5.88 Å². The Balaban J connectivity index is 2.31. The second-order valence-corrected chi connectivity index (χ2v) is 4.00. The predicted octanol–water partition coefficient (Wildman–Crippen LogP) is 2.77. The van der Waals surface area contributed by atoms with E-state index in [-0.39, 0.29) is 0 Å². The Morgan fingerprint density at radius 2 is 2.00 bits per heavy atom. The van der Waals surface area contributed by atoms with Gasteiger partial charge in [0.05, 0.1) is 5.56 Å². The quantitative estimate of drug-likeness (QED) is 0.656. The molecule has 0 saturated heterocycles. The number of nitrogen functional groups attached to an aromatic ring is 1. The van der Waals surface area contributed by atoms with Crippen LogP contribution in [-0.4, -0.2) is 9.97 Å². The van der Waals surface area contributed by atoms with Gasteiger partial charge in [-0.25, -0.2) is 15.8 Å². The number of aromatic nitrogens is 2. The van der Waals surface area contributed by atoms with Crippen LogP contribution in [0.15, 0.2) is 30.6 Å². The Kier molecular flexibility index (Phi) is 3.96. The third-order valence-electron chi connectivity index (χ3n) is 2.42. The first-order valence-corrected chi connectivity index (χ1v) is 5.86. The lowest BCUT2D eigenvalue weighted by Crippen LogP contribution is -2.12. The molecule has 1 aromatic heterocycles. The van der Waals surface area contributed by atoms with Crippen molar-refractivity contribution in [1.29, 1.82) is 0 Å². The molecule has 0 saturated carbocycles. The summed E-state index contributed by atoms with van der Waals surface area (Å²) in [5, 5.41) is 0.657. The van der Waals surface area contributed by atoms with E-state index in [1.165, 1.54) is 6.33 Å². The van der Waals surface area contributed by atoms with Gasteiger partial charge in [0, 0.05) is 5.02 Å². The highest BCUT2D eigenvalue weighted by Gasteiger charge is 2.10. The van der Waals surface area contributed by atoms with Crippen molar-refractivity contribution in [1.82, 2.24) is 9.97 Å². The third-order valence-corrected chi connectivity index (χ3v) is 2.68. The lowest BCUT2D eigenvalue weighted by molar-refractivity contribution is 0.455. The van der Waals surface area contributed by atoms with Crippen LogP contribution in [0.2, 0.25) is 5.02 Å². The van der Waals surface area contributed by atoms with E-state index in [9.17, 15) is 0 Å². The molecule has 0 unspecified atom stereocenters. The van der Waals surface area contributed by atoms with Crippen molar-refractivity contribution in [3.05, 3.63) is 41.2 Å². The van der Waals surface area contributed by atoms with Crippen LogP contribution in [0.25, 0.3) is 0 Å². The molecule has 0 bridgehead atoms. The summed E-state index contributed by atoms with van der Waals surface area (Å²) < 4.78 is 5.69. The summed E-state index contributed by atoms with van der Waals surface area (Å²) in [7, 11) is 0. The van der Waals surface area contributed by atoms with Gasteiger partial charge in [-0.3, -0.25) is 0 Å². The third kappa shape index (κ3) is 2.69. The molecule has 0 amide bonds. The number of hydrazine groups is 1. The zero-order valence-corrected chi connectivity index (χ0v) is 10.6. The number of nitrogens with one attached hydrogen (secondary N) is 1. The fraction of sp³-hybridized carbons (Fsp3) is 0.167. The van der Waals surface area contributed by atoms with Gasteiger partial charge in [0.1, 0.15) is 17.9 Å². The van der Waals surface area contributed by atoms with Crippen LogP contribution in [0.4, 0.5) is 5.82 Å². The van der Waals surface area contributed by atoms with Gasteiger partial charge in [0.15, 0.2) is 0 Å². The molecule has 5 nitrogen and oxygen atoms in total. The average molecular weight is 265 g/mol. The molecule has 3 N–H and O–H groups in total. The van der Waals surface area contributed by atoms with E-state index in [4.69, 9.17) is 22.2 Å². The first-order valence-electron chi connectivity index (χ1n) is 5.48. The van der Waals surface area contributed by atoms with Crippen LogP contribution in [-0.2, 0) is 6.42 Å². The lowest BCUT2D eigenvalue weighted by atomic mass is 10.2. The minimum Gasteiger partial charge on any atom is -0.439 e. The fourth-order valence-corrected chi connectivity index (χ4v) is 1.67. The molecule has 0 atom stereocenters. The van der Waals surface area contributed by atoms with E-state index >= 15 is 0 Å². The zero-order chi connectivity index (χ0) is 13.0. The molecule has 2 rings (SSSR count). The molecule has 1 aromatic carbocycles. The Bertz CT molecular complexity index is 530. The molecule has 6 heteroatoms. The van der Waals surface area contributed by atoms with Crippen molar-refractivity contribution in [3.8, 4) is 11.6 Å². The fourth-order valence-electron chi connectivity index (χ4n) is 1.54. The number of halogens is 1. The molecule has 18 heavy (non-hydrogen) atoms. The number of ether oxygens (including phenoxy) is 1. The van der Waals surface area contributed by atoms with Crippen molar-refractivity contribution in [2.24, 2.45) is 5.84 Å². The summed E-state index contributed by atoms with van der Waals surface area (Å²) in [4.78, 5) is 8.15. The maximum Gasteiger partial charge on any atom is 0.227 e. The molecule has 0 fully saturated rings. The van der Waals surface area contributed by atoms with E-state index in [2.05, 4.69) is 15.4 Å². The van der Waals surface area contributed by atoms with Crippen LogP contribution >= 0.6 is 11.6 Å². The van der Waals surface area contributed by atoms with E-state index in [1.54, 1.807) is 24.3 Å². The van der Waals surface area contributed by atoms with Crippen LogP contribution in [0, 0.1) is 0 Å². The van der Waals surface area contributed by atoms with Crippen molar-refractivity contribution in [2.45, 2.75) is 13.3 Å². The normalized spacial score (nSPS) is 10.2. The number of nitrogens with zero attached hydrogens (tertiary/aromatic N) is 2. The Morgan fingerprint density at radius 3 is 2.61 bits per heavy atom. The van der Waals surface area contributed by atoms with E-state index < -0.39 is 0 Å². The first-order chi connectivity index (χ1) is 8.74. The van der Waals surface area contributed by atoms with Gasteiger partial charge in [-0.2, -0.15) is 0 Å². The molecule has 2 aromatic rings. The summed E-state index contributed by atoms with van der Waals surface area (Å²) in [6.45, 7) is 1.98. The van der Waals surface area contributed by atoms with Crippen molar-refractivity contribution in [2.75, 3.05) is 5.43 Å². The van der Waals surface area contributed by atoms with Crippen molar-refractivity contribution < 1.29 is 4.74 Å². The molecular formula is C12H13ClN4O. The topological polar surface area (TPSA) is 73.1 Å². The number of hydrogen-bond donors (Lipinski definition) is 2. The Labute approximate surface area is 110 Å². The second-order valence-electron chi connectivity index (χ2n) is 3.56. The highest BCUT2D eigenvalue weighted by molar-refractivity contribution is 6.30. The lowest BCUT2D eigenvalue weighted by Gasteiger charge is -2.11. The monoisotopic (exact) mass is 264 g/mol. The number of anilines is 1. The Morgan fingerprint density at radius 1 is 1.28 bits per heavy atom. The number of benzene rings is 1. The van der Waals surface area contributed by atoms with Crippen LogP contribution < -0.4 is 16.0 Å². The minimum atomic E-state index is 0.489. The van der Waals surface area contributed by atoms with Gasteiger partial charge in [-0.15, -0.1) is 0 Å². The second kappa shape index (κ2) is 5.66. The molecule has 0 aliphatic carbocycles. The van der Waals surface area contributed by atoms with Gasteiger partial charge < -0.3 is 10.2 Å². The van der Waals surface area contributed by atoms with Gasteiger partial charge in [-0.1, -0.05) is 18.5 Å². The highest BCUT2D eigenvalue weighted by Crippen LogP contribution is 2.27. The number of nitrogens with two attached hydrogens (primary N) is 1. The molecule has 0 aliphatic heterocycles. The highest BCUT2D eigenvalue weighted by atomic mass is 35.5. The molecule has 0 spiro atoms. The van der Waals surface area contributed by atoms with Gasteiger partial charge >= 0.3 is 0 Å². The van der Waals surface area contributed by atoms with Crippen LogP contribution in [0.1, 0.15) is 12.5 Å². The molecule has 0 radical (unpaired) electrons. The number of hydrogen-bond acceptors (Lipinski definition) is 5. The summed E-state index contributed by atoms with van der Waals surface area (Å²) in [5.41, 5.74) is 3.36. The van der Waals surface area contributed by atoms with Gasteiger partial charge in [0.25, 0.3) is 0 Å². The van der Waals surface area contributed by atoms with Crippen molar-refractivity contribution in [3.63, 3.8) is 0 Å². The average Bonchev–Trinajstić information content (AvgIpc) is 2.41. The first kappa shape index (κ1) is 12.6. The van der Waals surface area contributed by atoms with Crippen LogP contribution in [0.3, 0.4) is 0 Å². The predicted molar refractivity (Wildman–Crippen MR) is 70.7 cm³/mol. The standard InChI is InChI=1S/C12H13ClN4O/c1-2-10-11(17-14)15-7-16-12(10)18-9-5-3-8(13)4-6-9/h3-7H,2,14H2,1H3,(H,15,16,17). The molecule has 94 valence electrons. The van der Waals surface area contributed by atoms with E-state index in [1.807, 2.05) is 6.92 Å². The van der Waals surface area contributed by atoms with Crippen LogP contribution in [0.5, 0.6) is 11.6 Å². The minimum absolute atomic E-state index is 0.489. The van der Waals surface area contributed by atoms with Crippen molar-refractivity contribution >= 4 is 17.4 Å². The molecule has 1 heterocycles. The summed E-state index contributed by atoms with van der Waals surface area (Å²) in [5.74, 6) is 7.11. The summed E-state index contributed by atoms with van der Waals surface area (Å²) in [6, 6.07) is 7.07. The largest absolute Gasteiger partial charge is 0.439 e. The molecule has 0 aliphatic rings. The summed E-state index contributed by atoms with van der Waals surface area (Å²) >= 11 is 5.81. The SMILES string of the molecule is CCc1c(NN)ncnc1Oc1ccc(Cl)cc1. The molecular weight excluding hydrogens is 252 g/mol. The van der Waals surface area contributed by atoms with E-state index in [0.717, 1.165) is 5.56 Å². The van der Waals surface area contributed by atoms with E-state index in [0.29, 0.717) is 28.9 Å². The van der Waals surface area contributed by atoms with Gasteiger partial charge in [-0.05, 0) is 30.7 Å². The maximum atomic E-state index is 5.81. The zero-order valence-electron chi connectivity index (χ0n) is 9.85. The number of rotatable bonds is 4. The Hall–Kier alpha value is -1.85. The smallest absolute Gasteiger partial charge is 0.227 e. The maximum absolute atomic E-state index is 5.81. The summed E-state index contributed by atoms with van der Waals surface area (Å²) in [6.07, 6.45) is 2.11.